The highest BCUT2D eigenvalue weighted by Crippen LogP contribution is 2.25. The van der Waals surface area contributed by atoms with Crippen molar-refractivity contribution in [3.05, 3.63) is 35.9 Å². The second-order valence-corrected chi connectivity index (χ2v) is 6.83. The summed E-state index contributed by atoms with van der Waals surface area (Å²) >= 11 is 0. The van der Waals surface area contributed by atoms with E-state index in [4.69, 9.17) is 14.2 Å². The van der Waals surface area contributed by atoms with E-state index < -0.39 is 23.7 Å². The van der Waals surface area contributed by atoms with Gasteiger partial charge < -0.3 is 14.2 Å². The van der Waals surface area contributed by atoms with Crippen LogP contribution in [0.4, 0.5) is 4.79 Å². The van der Waals surface area contributed by atoms with Gasteiger partial charge in [-0.1, -0.05) is 30.3 Å². The van der Waals surface area contributed by atoms with Crippen LogP contribution in [0.5, 0.6) is 0 Å². The molecule has 0 N–H and O–H groups in total. The number of methoxy groups -OCH3 is 1. The van der Waals surface area contributed by atoms with E-state index in [-0.39, 0.29) is 6.10 Å². The van der Waals surface area contributed by atoms with Gasteiger partial charge >= 0.3 is 12.1 Å². The Morgan fingerprint density at radius 2 is 1.88 bits per heavy atom. The van der Waals surface area contributed by atoms with Crippen molar-refractivity contribution in [3.63, 3.8) is 0 Å². The third-order valence-corrected chi connectivity index (χ3v) is 3.69. The fraction of sp³-hybridized carbons (Fsp3) is 0.556. The third-order valence-electron chi connectivity index (χ3n) is 3.69. The minimum atomic E-state index is -0.675. The van der Waals surface area contributed by atoms with E-state index in [9.17, 15) is 9.59 Å². The molecular weight excluding hydrogens is 310 g/mol. The molecule has 24 heavy (non-hydrogen) atoms. The van der Waals surface area contributed by atoms with Gasteiger partial charge in [-0.25, -0.2) is 9.59 Å². The normalized spacial score (nSPS) is 20.8. The average molecular weight is 335 g/mol. The largest absolute Gasteiger partial charge is 0.467 e. The summed E-state index contributed by atoms with van der Waals surface area (Å²) < 4.78 is 16.1. The first-order valence-electron chi connectivity index (χ1n) is 8.03. The van der Waals surface area contributed by atoms with Crippen molar-refractivity contribution in [1.29, 1.82) is 0 Å². The van der Waals surface area contributed by atoms with Crippen LogP contribution < -0.4 is 0 Å². The summed E-state index contributed by atoms with van der Waals surface area (Å²) in [6.45, 7) is 6.11. The van der Waals surface area contributed by atoms with Gasteiger partial charge in [-0.15, -0.1) is 0 Å². The Labute approximate surface area is 142 Å². The number of rotatable bonds is 4. The molecule has 0 unspecified atom stereocenters. The number of carbonyl (C=O) groups excluding carboxylic acids is 2. The average Bonchev–Trinajstić information content (AvgIpc) is 2.96. The summed E-state index contributed by atoms with van der Waals surface area (Å²) in [5.74, 6) is -0.452. The van der Waals surface area contributed by atoms with Crippen LogP contribution in [-0.4, -0.2) is 48.4 Å². The smallest absolute Gasteiger partial charge is 0.411 e. The summed E-state index contributed by atoms with van der Waals surface area (Å²) in [5.41, 5.74) is 0.420. The molecule has 1 aromatic carbocycles. The molecule has 1 aromatic rings. The molecule has 0 aromatic heterocycles. The molecule has 0 aliphatic carbocycles. The number of esters is 1. The van der Waals surface area contributed by atoms with Gasteiger partial charge in [0.1, 0.15) is 11.6 Å². The molecule has 0 bridgehead atoms. The van der Waals surface area contributed by atoms with E-state index in [0.717, 1.165) is 5.56 Å². The Kier molecular flexibility index (Phi) is 5.83. The van der Waals surface area contributed by atoms with Gasteiger partial charge in [-0.05, 0) is 26.3 Å². The van der Waals surface area contributed by atoms with Crippen molar-refractivity contribution in [2.75, 3.05) is 13.7 Å². The van der Waals surface area contributed by atoms with Crippen molar-refractivity contribution < 1.29 is 23.8 Å². The van der Waals surface area contributed by atoms with Crippen LogP contribution in [0.3, 0.4) is 0 Å². The van der Waals surface area contributed by atoms with Gasteiger partial charge in [0.05, 0.1) is 26.4 Å². The van der Waals surface area contributed by atoms with Crippen LogP contribution in [0.25, 0.3) is 0 Å². The Balaban J connectivity index is 2.01. The van der Waals surface area contributed by atoms with Crippen molar-refractivity contribution >= 4 is 12.1 Å². The standard InChI is InChI=1S/C18H25NO5/c1-18(2,3)24-17(21)19-11-14(10-15(19)16(20)22-4)23-12-13-8-6-5-7-9-13/h5-9,14-15H,10-12H2,1-4H3/t14-,15+/m0/s1. The van der Waals surface area contributed by atoms with Crippen molar-refractivity contribution in [2.45, 2.75) is 51.5 Å². The van der Waals surface area contributed by atoms with Crippen molar-refractivity contribution in [3.8, 4) is 0 Å². The van der Waals surface area contributed by atoms with Crippen LogP contribution >= 0.6 is 0 Å². The van der Waals surface area contributed by atoms with E-state index in [2.05, 4.69) is 0 Å². The molecule has 0 radical (unpaired) electrons. The SMILES string of the molecule is COC(=O)[C@H]1C[C@H](OCc2ccccc2)CN1C(=O)OC(C)(C)C. The zero-order valence-corrected chi connectivity index (χ0v) is 14.7. The zero-order chi connectivity index (χ0) is 17.7. The Morgan fingerprint density at radius 3 is 2.46 bits per heavy atom. The summed E-state index contributed by atoms with van der Waals surface area (Å²) in [7, 11) is 1.31. The molecule has 1 saturated heterocycles. The van der Waals surface area contributed by atoms with Gasteiger partial charge in [-0.3, -0.25) is 4.90 Å². The number of amides is 1. The fourth-order valence-corrected chi connectivity index (χ4v) is 2.59. The molecule has 2 atom stereocenters. The van der Waals surface area contributed by atoms with E-state index in [1.165, 1.54) is 12.0 Å². The Hall–Kier alpha value is -2.08. The molecule has 1 aliphatic rings. The van der Waals surface area contributed by atoms with Gasteiger partial charge in [0.15, 0.2) is 0 Å². The first kappa shape index (κ1) is 18.3. The van der Waals surface area contributed by atoms with Crippen LogP contribution in [0.15, 0.2) is 30.3 Å². The maximum Gasteiger partial charge on any atom is 0.411 e. The van der Waals surface area contributed by atoms with Crippen molar-refractivity contribution in [2.24, 2.45) is 0 Å². The number of hydrogen-bond donors (Lipinski definition) is 0. The predicted molar refractivity (Wildman–Crippen MR) is 88.4 cm³/mol. The van der Waals surface area contributed by atoms with Crippen molar-refractivity contribution in [1.82, 2.24) is 4.90 Å². The van der Waals surface area contributed by atoms with Crippen LogP contribution in [0.2, 0.25) is 0 Å². The lowest BCUT2D eigenvalue weighted by Crippen LogP contribution is -2.44. The van der Waals surface area contributed by atoms with Gasteiger partial charge in [0, 0.05) is 6.42 Å². The maximum atomic E-state index is 12.4. The molecule has 6 nitrogen and oxygen atoms in total. The molecule has 1 aliphatic heterocycles. The summed E-state index contributed by atoms with van der Waals surface area (Å²) in [6.07, 6.45) is -0.357. The highest BCUT2D eigenvalue weighted by molar-refractivity contribution is 5.82. The highest BCUT2D eigenvalue weighted by Gasteiger charge is 2.42. The number of carbonyl (C=O) groups is 2. The Bertz CT molecular complexity index is 567. The highest BCUT2D eigenvalue weighted by atomic mass is 16.6. The number of hydrogen-bond acceptors (Lipinski definition) is 5. The number of ether oxygens (including phenoxy) is 3. The molecule has 0 spiro atoms. The van der Waals surface area contributed by atoms with E-state index in [1.807, 2.05) is 30.3 Å². The number of likely N-dealkylation sites (tertiary alicyclic amines) is 1. The number of benzene rings is 1. The van der Waals surface area contributed by atoms with Gasteiger partial charge in [0.25, 0.3) is 0 Å². The second kappa shape index (κ2) is 7.66. The molecule has 1 fully saturated rings. The molecule has 1 heterocycles. The van der Waals surface area contributed by atoms with E-state index >= 15 is 0 Å². The Morgan fingerprint density at radius 1 is 1.21 bits per heavy atom. The number of nitrogens with zero attached hydrogens (tertiary/aromatic N) is 1. The second-order valence-electron chi connectivity index (χ2n) is 6.83. The monoisotopic (exact) mass is 335 g/mol. The minimum Gasteiger partial charge on any atom is -0.467 e. The quantitative estimate of drug-likeness (QED) is 0.792. The summed E-state index contributed by atoms with van der Waals surface area (Å²) in [4.78, 5) is 25.7. The van der Waals surface area contributed by atoms with Gasteiger partial charge in [-0.2, -0.15) is 0 Å². The molecule has 6 heteroatoms. The topological polar surface area (TPSA) is 65.1 Å². The lowest BCUT2D eigenvalue weighted by Gasteiger charge is -2.27. The fourth-order valence-electron chi connectivity index (χ4n) is 2.59. The first-order chi connectivity index (χ1) is 11.3. The van der Waals surface area contributed by atoms with E-state index in [1.54, 1.807) is 20.8 Å². The zero-order valence-electron chi connectivity index (χ0n) is 14.7. The maximum absolute atomic E-state index is 12.4. The van der Waals surface area contributed by atoms with Crippen LogP contribution in [0.1, 0.15) is 32.8 Å². The molecule has 132 valence electrons. The third kappa shape index (κ3) is 4.96. The predicted octanol–water partition coefficient (Wildman–Crippen LogP) is 2.75. The van der Waals surface area contributed by atoms with Gasteiger partial charge in [0.2, 0.25) is 0 Å². The van der Waals surface area contributed by atoms with Crippen LogP contribution in [0, 0.1) is 0 Å². The summed E-state index contributed by atoms with van der Waals surface area (Å²) in [6, 6.07) is 9.09. The molecular formula is C18H25NO5. The molecule has 2 rings (SSSR count). The van der Waals surface area contributed by atoms with E-state index in [0.29, 0.717) is 19.6 Å². The minimum absolute atomic E-state index is 0.234. The lowest BCUT2D eigenvalue weighted by atomic mass is 10.2. The lowest BCUT2D eigenvalue weighted by molar-refractivity contribution is -0.145. The molecule has 1 amide bonds. The summed E-state index contributed by atoms with van der Waals surface area (Å²) in [5, 5.41) is 0. The molecule has 0 saturated carbocycles. The van der Waals surface area contributed by atoms with Crippen LogP contribution in [-0.2, 0) is 25.6 Å². The first-order valence-corrected chi connectivity index (χ1v) is 8.03.